The number of rotatable bonds is 4. The molecule has 0 spiro atoms. The SMILES string of the molecule is COC(=O)[C@@H]1Cc2nc[nH]c2CN1Cc1ccc(N([O-])O)cc1. The third-order valence-corrected chi connectivity index (χ3v) is 4.01. The highest BCUT2D eigenvalue weighted by molar-refractivity contribution is 5.76. The summed E-state index contributed by atoms with van der Waals surface area (Å²) in [7, 11) is 1.37. The van der Waals surface area contributed by atoms with E-state index >= 15 is 0 Å². The number of nitrogens with one attached hydrogen (secondary N) is 1. The average Bonchev–Trinajstić information content (AvgIpc) is 3.01. The zero-order valence-corrected chi connectivity index (χ0v) is 12.6. The quantitative estimate of drug-likeness (QED) is 0.645. The van der Waals surface area contributed by atoms with Crippen LogP contribution in [0.5, 0.6) is 0 Å². The van der Waals surface area contributed by atoms with E-state index in [0.717, 1.165) is 17.0 Å². The Morgan fingerprint density at radius 1 is 1.52 bits per heavy atom. The number of ether oxygens (including phenoxy) is 1. The highest BCUT2D eigenvalue weighted by Crippen LogP contribution is 2.24. The van der Waals surface area contributed by atoms with Gasteiger partial charge in [0.25, 0.3) is 0 Å². The number of aromatic amines is 1. The summed E-state index contributed by atoms with van der Waals surface area (Å²) in [5, 5.41) is 19.5. The van der Waals surface area contributed by atoms with Gasteiger partial charge in [0.15, 0.2) is 0 Å². The van der Waals surface area contributed by atoms with Crippen LogP contribution in [0, 0.1) is 5.21 Å². The number of methoxy groups -OCH3 is 1. The predicted octanol–water partition coefficient (Wildman–Crippen LogP) is 1.20. The third kappa shape index (κ3) is 3.19. The van der Waals surface area contributed by atoms with Gasteiger partial charge in [0, 0.05) is 19.5 Å². The van der Waals surface area contributed by atoms with Crippen LogP contribution >= 0.6 is 0 Å². The lowest BCUT2D eigenvalue weighted by atomic mass is 10.0. The standard InChI is InChI=1S/C15H17N4O4/c1-23-15(20)14-6-12-13(17-9-16-12)8-18(14)7-10-2-4-11(5-3-10)19(21)22/h2-5,9,14,21H,6-8H2,1H3,(H,16,17)/q-1/t14-/m0/s1. The molecule has 0 bridgehead atoms. The molecule has 1 aromatic heterocycles. The zero-order valence-electron chi connectivity index (χ0n) is 12.6. The number of imidazole rings is 1. The van der Waals surface area contributed by atoms with Gasteiger partial charge in [-0.2, -0.15) is 0 Å². The maximum absolute atomic E-state index is 12.1. The van der Waals surface area contributed by atoms with Crippen LogP contribution < -0.4 is 5.23 Å². The van der Waals surface area contributed by atoms with Gasteiger partial charge >= 0.3 is 5.97 Å². The molecule has 0 aliphatic carbocycles. The molecule has 0 amide bonds. The van der Waals surface area contributed by atoms with Gasteiger partial charge in [0.1, 0.15) is 6.04 Å². The molecular weight excluding hydrogens is 300 g/mol. The minimum atomic E-state index is -0.399. The van der Waals surface area contributed by atoms with Crippen LogP contribution in [0.1, 0.15) is 17.0 Å². The monoisotopic (exact) mass is 317 g/mol. The lowest BCUT2D eigenvalue weighted by molar-refractivity contribution is -0.148. The molecule has 2 N–H and O–H groups in total. The Morgan fingerprint density at radius 3 is 2.91 bits per heavy atom. The van der Waals surface area contributed by atoms with Gasteiger partial charge in [0.05, 0.1) is 30.5 Å². The average molecular weight is 317 g/mol. The molecule has 0 saturated heterocycles. The van der Waals surface area contributed by atoms with E-state index in [0.29, 0.717) is 19.5 Å². The Hall–Kier alpha value is -2.42. The lowest BCUT2D eigenvalue weighted by Crippen LogP contribution is -2.45. The molecule has 2 heterocycles. The van der Waals surface area contributed by atoms with Gasteiger partial charge < -0.3 is 20.2 Å². The Kier molecular flexibility index (Phi) is 4.28. The van der Waals surface area contributed by atoms with E-state index in [1.807, 2.05) is 4.90 Å². The number of esters is 1. The van der Waals surface area contributed by atoms with E-state index in [4.69, 9.17) is 9.94 Å². The van der Waals surface area contributed by atoms with Crippen LogP contribution in [0.3, 0.4) is 0 Å². The lowest BCUT2D eigenvalue weighted by Gasteiger charge is -2.33. The number of anilines is 1. The van der Waals surface area contributed by atoms with E-state index in [1.165, 1.54) is 19.2 Å². The van der Waals surface area contributed by atoms with Crippen molar-refractivity contribution >= 4 is 11.7 Å². The van der Waals surface area contributed by atoms with Crippen molar-refractivity contribution in [3.05, 3.63) is 52.8 Å². The molecule has 8 nitrogen and oxygen atoms in total. The second-order valence-corrected chi connectivity index (χ2v) is 5.42. The highest BCUT2D eigenvalue weighted by atomic mass is 16.8. The van der Waals surface area contributed by atoms with Crippen molar-refractivity contribution in [3.63, 3.8) is 0 Å². The molecule has 0 unspecified atom stereocenters. The summed E-state index contributed by atoms with van der Waals surface area (Å²) in [5.74, 6) is -0.295. The molecule has 23 heavy (non-hydrogen) atoms. The van der Waals surface area contributed by atoms with Gasteiger partial charge in [-0.25, -0.2) is 4.98 Å². The van der Waals surface area contributed by atoms with Crippen molar-refractivity contribution in [3.8, 4) is 0 Å². The fraction of sp³-hybridized carbons (Fsp3) is 0.333. The number of fused-ring (bicyclic) bond motifs is 1. The fourth-order valence-electron chi connectivity index (χ4n) is 2.79. The van der Waals surface area contributed by atoms with Crippen LogP contribution in [0.25, 0.3) is 0 Å². The molecule has 0 radical (unpaired) electrons. The molecule has 8 heteroatoms. The topological polar surface area (TPSA) is 105 Å². The largest absolute Gasteiger partial charge is 0.733 e. The number of hydrogen-bond donors (Lipinski definition) is 2. The number of nitrogens with zero attached hydrogens (tertiary/aromatic N) is 3. The normalized spacial score (nSPS) is 17.6. The minimum absolute atomic E-state index is 0.160. The molecule has 2 aromatic rings. The summed E-state index contributed by atoms with van der Waals surface area (Å²) in [6.45, 7) is 1.08. The van der Waals surface area contributed by atoms with Crippen LogP contribution in [0.4, 0.5) is 5.69 Å². The number of benzene rings is 1. The van der Waals surface area contributed by atoms with Gasteiger partial charge in [-0.15, -0.1) is 0 Å². The third-order valence-electron chi connectivity index (χ3n) is 4.01. The number of carbonyl (C=O) groups excluding carboxylic acids is 1. The second-order valence-electron chi connectivity index (χ2n) is 5.42. The number of hydrogen-bond acceptors (Lipinski definition) is 7. The van der Waals surface area contributed by atoms with E-state index in [1.54, 1.807) is 18.5 Å². The molecule has 1 aliphatic heterocycles. The second kappa shape index (κ2) is 6.37. The Morgan fingerprint density at radius 2 is 2.26 bits per heavy atom. The number of H-pyrrole nitrogens is 1. The summed E-state index contributed by atoms with van der Waals surface area (Å²) in [4.78, 5) is 21.4. The summed E-state index contributed by atoms with van der Waals surface area (Å²) in [6.07, 6.45) is 2.12. The smallest absolute Gasteiger partial charge is 0.323 e. The molecule has 1 aliphatic rings. The maximum atomic E-state index is 12.1. The van der Waals surface area contributed by atoms with Gasteiger partial charge in [0.2, 0.25) is 0 Å². The minimum Gasteiger partial charge on any atom is -0.733 e. The van der Waals surface area contributed by atoms with Crippen molar-refractivity contribution < 1.29 is 14.7 Å². The van der Waals surface area contributed by atoms with Gasteiger partial charge in [-0.05, 0) is 17.7 Å². The van der Waals surface area contributed by atoms with Crippen molar-refractivity contribution in [1.82, 2.24) is 14.9 Å². The summed E-state index contributed by atoms with van der Waals surface area (Å²) in [5.41, 5.74) is 2.96. The van der Waals surface area contributed by atoms with Gasteiger partial charge in [-0.3, -0.25) is 14.9 Å². The first-order chi connectivity index (χ1) is 11.1. The van der Waals surface area contributed by atoms with Crippen molar-refractivity contribution in [1.29, 1.82) is 0 Å². The summed E-state index contributed by atoms with van der Waals surface area (Å²) in [6, 6.07) is 6.15. The summed E-state index contributed by atoms with van der Waals surface area (Å²) < 4.78 is 4.90. The Balaban J connectivity index is 1.80. The number of carbonyl (C=O) groups is 1. The molecule has 1 aromatic carbocycles. The Labute approximate surface area is 132 Å². The van der Waals surface area contributed by atoms with E-state index in [2.05, 4.69) is 9.97 Å². The fourth-order valence-corrected chi connectivity index (χ4v) is 2.79. The molecule has 3 rings (SSSR count). The van der Waals surface area contributed by atoms with Crippen molar-refractivity contribution in [2.24, 2.45) is 0 Å². The maximum Gasteiger partial charge on any atom is 0.323 e. The Bertz CT molecular complexity index is 683. The highest BCUT2D eigenvalue weighted by Gasteiger charge is 2.33. The first-order valence-electron chi connectivity index (χ1n) is 7.16. The van der Waals surface area contributed by atoms with Crippen LogP contribution in [0.2, 0.25) is 0 Å². The first-order valence-corrected chi connectivity index (χ1v) is 7.16. The van der Waals surface area contributed by atoms with Crippen LogP contribution in [-0.4, -0.2) is 39.2 Å². The number of aromatic nitrogens is 2. The molecular formula is C15H17N4O4-. The predicted molar refractivity (Wildman–Crippen MR) is 81.4 cm³/mol. The summed E-state index contributed by atoms with van der Waals surface area (Å²) >= 11 is 0. The molecule has 0 fully saturated rings. The van der Waals surface area contributed by atoms with Crippen LogP contribution in [-0.2, 0) is 29.0 Å². The van der Waals surface area contributed by atoms with E-state index < -0.39 is 6.04 Å². The first kappa shape index (κ1) is 15.5. The van der Waals surface area contributed by atoms with Gasteiger partial charge in [-0.1, -0.05) is 12.1 Å². The molecule has 122 valence electrons. The van der Waals surface area contributed by atoms with Crippen molar-refractivity contribution in [2.45, 2.75) is 25.6 Å². The van der Waals surface area contributed by atoms with E-state index in [9.17, 15) is 10.0 Å². The van der Waals surface area contributed by atoms with Crippen molar-refractivity contribution in [2.75, 3.05) is 12.3 Å². The zero-order chi connectivity index (χ0) is 16.4. The van der Waals surface area contributed by atoms with Crippen LogP contribution in [0.15, 0.2) is 30.6 Å². The molecule has 1 atom stereocenters. The molecule has 0 saturated carbocycles. The van der Waals surface area contributed by atoms with E-state index in [-0.39, 0.29) is 16.9 Å².